The Morgan fingerprint density at radius 3 is 2.86 bits per heavy atom. The Bertz CT molecular complexity index is 1230. The molecule has 1 aromatic carbocycles. The van der Waals surface area contributed by atoms with Crippen molar-refractivity contribution in [3.05, 3.63) is 52.8 Å². The van der Waals surface area contributed by atoms with Gasteiger partial charge < -0.3 is 9.47 Å². The van der Waals surface area contributed by atoms with Crippen molar-refractivity contribution >= 4 is 16.6 Å². The lowest BCUT2D eigenvalue weighted by Crippen LogP contribution is -2.39. The molecule has 1 saturated heterocycles. The summed E-state index contributed by atoms with van der Waals surface area (Å²) in [7, 11) is 1.60. The molecule has 0 saturated carbocycles. The van der Waals surface area contributed by atoms with E-state index in [-0.39, 0.29) is 5.56 Å². The molecule has 0 bridgehead atoms. The summed E-state index contributed by atoms with van der Waals surface area (Å²) in [5.74, 6) is 0.427. The van der Waals surface area contributed by atoms with Crippen LogP contribution in [0.2, 0.25) is 0 Å². The number of rotatable bonds is 4. The molecule has 0 spiro atoms. The Hall–Kier alpha value is -3.04. The lowest BCUT2D eigenvalue weighted by Gasteiger charge is -2.28. The van der Waals surface area contributed by atoms with Crippen LogP contribution in [-0.4, -0.2) is 42.7 Å². The number of nitrogens with zero attached hydrogens (tertiary/aromatic N) is 6. The fraction of sp³-hybridized carbons (Fsp3) is 0.368. The molecule has 0 radical (unpaired) electrons. The normalized spacial score (nSPS) is 19.8. The van der Waals surface area contributed by atoms with E-state index in [0.717, 1.165) is 23.9 Å². The zero-order valence-electron chi connectivity index (χ0n) is 15.7. The molecule has 1 atom stereocenters. The molecule has 0 amide bonds. The molecule has 144 valence electrons. The minimum Gasteiger partial charge on any atom is -0.378 e. The van der Waals surface area contributed by atoms with E-state index in [4.69, 9.17) is 9.47 Å². The minimum absolute atomic E-state index is 0.172. The number of aromatic nitrogens is 6. The molecule has 5 rings (SSSR count). The van der Waals surface area contributed by atoms with Crippen LogP contribution in [0.3, 0.4) is 0 Å². The van der Waals surface area contributed by atoms with Crippen molar-refractivity contribution in [1.29, 1.82) is 0 Å². The van der Waals surface area contributed by atoms with Crippen LogP contribution in [0, 0.1) is 0 Å². The van der Waals surface area contributed by atoms with Gasteiger partial charge in [-0.25, -0.2) is 4.98 Å². The minimum atomic E-state index is -0.697. The summed E-state index contributed by atoms with van der Waals surface area (Å²) in [6, 6.07) is 7.78. The molecule has 9 heteroatoms. The van der Waals surface area contributed by atoms with Crippen LogP contribution in [0.5, 0.6) is 0 Å². The highest BCUT2D eigenvalue weighted by molar-refractivity contribution is 5.81. The number of ether oxygens (including phenoxy) is 2. The van der Waals surface area contributed by atoms with Gasteiger partial charge in [0, 0.05) is 13.7 Å². The van der Waals surface area contributed by atoms with Crippen LogP contribution >= 0.6 is 0 Å². The molecule has 1 aliphatic rings. The maximum atomic E-state index is 13.7. The zero-order chi connectivity index (χ0) is 19.3. The van der Waals surface area contributed by atoms with E-state index >= 15 is 0 Å². The molecule has 1 unspecified atom stereocenters. The molecule has 4 heterocycles. The number of benzene rings is 1. The average molecular weight is 380 g/mol. The monoisotopic (exact) mass is 380 g/mol. The molecule has 0 aliphatic carbocycles. The van der Waals surface area contributed by atoms with E-state index in [9.17, 15) is 4.79 Å². The number of hydrogen-bond donors (Lipinski definition) is 0. The van der Waals surface area contributed by atoms with Gasteiger partial charge in [-0.1, -0.05) is 17.3 Å². The van der Waals surface area contributed by atoms with Crippen molar-refractivity contribution in [2.75, 3.05) is 13.7 Å². The Labute approximate surface area is 160 Å². The SMILES string of the molecule is COCc1cnnn1-c1ncn2c1c(=O)n(C1(C)CCCO1)c1ccccc12. The van der Waals surface area contributed by atoms with Crippen LogP contribution in [0.4, 0.5) is 0 Å². The second-order valence-corrected chi connectivity index (χ2v) is 7.11. The first-order valence-corrected chi connectivity index (χ1v) is 9.18. The molecule has 0 N–H and O–H groups in total. The molecule has 4 aromatic rings. The van der Waals surface area contributed by atoms with Crippen molar-refractivity contribution in [1.82, 2.24) is 28.9 Å². The van der Waals surface area contributed by atoms with Crippen molar-refractivity contribution in [2.45, 2.75) is 32.1 Å². The third-order valence-electron chi connectivity index (χ3n) is 5.32. The van der Waals surface area contributed by atoms with Crippen molar-refractivity contribution in [3.63, 3.8) is 0 Å². The van der Waals surface area contributed by atoms with Crippen molar-refractivity contribution in [3.8, 4) is 5.82 Å². The predicted molar refractivity (Wildman–Crippen MR) is 101 cm³/mol. The van der Waals surface area contributed by atoms with E-state index in [1.54, 1.807) is 33.3 Å². The quantitative estimate of drug-likeness (QED) is 0.537. The van der Waals surface area contributed by atoms with E-state index in [1.807, 2.05) is 31.2 Å². The predicted octanol–water partition coefficient (Wildman–Crippen LogP) is 1.86. The Balaban J connectivity index is 1.89. The molecule has 1 fully saturated rings. The first kappa shape index (κ1) is 17.1. The van der Waals surface area contributed by atoms with Gasteiger partial charge in [0.15, 0.2) is 11.3 Å². The van der Waals surface area contributed by atoms with Gasteiger partial charge in [0.2, 0.25) is 0 Å². The van der Waals surface area contributed by atoms with Crippen molar-refractivity contribution < 1.29 is 9.47 Å². The molecular formula is C19H20N6O3. The fourth-order valence-corrected chi connectivity index (χ4v) is 4.04. The largest absolute Gasteiger partial charge is 0.378 e. The second kappa shape index (κ2) is 6.25. The molecular weight excluding hydrogens is 360 g/mol. The van der Waals surface area contributed by atoms with Gasteiger partial charge in [0.1, 0.15) is 12.1 Å². The van der Waals surface area contributed by atoms with E-state index in [2.05, 4.69) is 15.3 Å². The molecule has 1 aliphatic heterocycles. The van der Waals surface area contributed by atoms with Crippen LogP contribution in [0.1, 0.15) is 25.5 Å². The van der Waals surface area contributed by atoms with E-state index in [0.29, 0.717) is 30.2 Å². The summed E-state index contributed by atoms with van der Waals surface area (Å²) >= 11 is 0. The Morgan fingerprint density at radius 1 is 1.29 bits per heavy atom. The van der Waals surface area contributed by atoms with Gasteiger partial charge >= 0.3 is 0 Å². The Morgan fingerprint density at radius 2 is 2.11 bits per heavy atom. The van der Waals surface area contributed by atoms with Gasteiger partial charge in [-0.2, -0.15) is 4.68 Å². The van der Waals surface area contributed by atoms with Gasteiger partial charge in [-0.3, -0.25) is 13.8 Å². The van der Waals surface area contributed by atoms with E-state index < -0.39 is 5.72 Å². The van der Waals surface area contributed by atoms with Crippen LogP contribution in [0.25, 0.3) is 22.4 Å². The highest BCUT2D eigenvalue weighted by Gasteiger charge is 2.35. The summed E-state index contributed by atoms with van der Waals surface area (Å²) in [4.78, 5) is 18.2. The summed E-state index contributed by atoms with van der Waals surface area (Å²) in [5, 5.41) is 8.08. The summed E-state index contributed by atoms with van der Waals surface area (Å²) in [6.45, 7) is 2.91. The highest BCUT2D eigenvalue weighted by atomic mass is 16.5. The average Bonchev–Trinajstić information content (AvgIpc) is 3.42. The van der Waals surface area contributed by atoms with Crippen LogP contribution in [0.15, 0.2) is 41.6 Å². The highest BCUT2D eigenvalue weighted by Crippen LogP contribution is 2.32. The summed E-state index contributed by atoms with van der Waals surface area (Å²) < 4.78 is 16.3. The third-order valence-corrected chi connectivity index (χ3v) is 5.32. The van der Waals surface area contributed by atoms with Gasteiger partial charge in [-0.15, -0.1) is 5.10 Å². The first-order chi connectivity index (χ1) is 13.6. The number of methoxy groups -OCH3 is 1. The topological polar surface area (TPSA) is 88.5 Å². The van der Waals surface area contributed by atoms with Gasteiger partial charge in [-0.05, 0) is 31.9 Å². The van der Waals surface area contributed by atoms with Crippen LogP contribution in [-0.2, 0) is 21.8 Å². The molecule has 3 aromatic heterocycles. The smallest absolute Gasteiger partial charge is 0.281 e. The van der Waals surface area contributed by atoms with Gasteiger partial charge in [0.25, 0.3) is 5.56 Å². The van der Waals surface area contributed by atoms with Gasteiger partial charge in [0.05, 0.1) is 29.5 Å². The lowest BCUT2D eigenvalue weighted by molar-refractivity contribution is -0.0447. The number of hydrogen-bond acceptors (Lipinski definition) is 6. The Kier molecular flexibility index (Phi) is 3.81. The zero-order valence-corrected chi connectivity index (χ0v) is 15.7. The summed E-state index contributed by atoms with van der Waals surface area (Å²) in [5.41, 5.74) is 1.96. The first-order valence-electron chi connectivity index (χ1n) is 9.18. The number of imidazole rings is 1. The fourth-order valence-electron chi connectivity index (χ4n) is 4.04. The number of para-hydroxylation sites is 2. The molecule has 28 heavy (non-hydrogen) atoms. The second-order valence-electron chi connectivity index (χ2n) is 7.11. The molecule has 9 nitrogen and oxygen atoms in total. The third kappa shape index (κ3) is 2.33. The summed E-state index contributed by atoms with van der Waals surface area (Å²) in [6.07, 6.45) is 4.94. The number of fused-ring (bicyclic) bond motifs is 3. The standard InChI is InChI=1S/C19H20N6O3/c1-19(8-5-9-28-19)24-15-7-4-3-6-14(15)23-12-20-17(16(23)18(24)26)25-13(11-27-2)10-21-22-25/h3-4,6-7,10,12H,5,8-9,11H2,1-2H3. The maximum Gasteiger partial charge on any atom is 0.281 e. The maximum absolute atomic E-state index is 13.7. The van der Waals surface area contributed by atoms with Crippen LogP contribution < -0.4 is 5.56 Å². The van der Waals surface area contributed by atoms with Crippen molar-refractivity contribution in [2.24, 2.45) is 0 Å². The lowest BCUT2D eigenvalue weighted by atomic mass is 10.1. The van der Waals surface area contributed by atoms with E-state index in [1.165, 1.54) is 0 Å².